The first-order chi connectivity index (χ1) is 13.0. The molecule has 0 atom stereocenters. The van der Waals surface area contributed by atoms with Gasteiger partial charge in [0.25, 0.3) is 5.91 Å². The zero-order chi connectivity index (χ0) is 19.4. The van der Waals surface area contributed by atoms with Crippen LogP contribution in [0.5, 0.6) is 0 Å². The lowest BCUT2D eigenvalue weighted by Gasteiger charge is -2.12. The highest BCUT2D eigenvalue weighted by atomic mass is 16.6. The largest absolute Gasteiger partial charge is 0.455 e. The molecule has 1 heterocycles. The number of para-hydroxylation sites is 1. The van der Waals surface area contributed by atoms with Gasteiger partial charge in [-0.3, -0.25) is 10.2 Å². The smallest absolute Gasteiger partial charge is 0.274 e. The van der Waals surface area contributed by atoms with Crippen molar-refractivity contribution in [3.05, 3.63) is 70.5 Å². The van der Waals surface area contributed by atoms with Crippen LogP contribution in [0.25, 0.3) is 11.0 Å². The molecule has 27 heavy (non-hydrogen) atoms. The van der Waals surface area contributed by atoms with Crippen molar-refractivity contribution in [2.75, 3.05) is 6.61 Å². The number of amides is 1. The lowest BCUT2D eigenvalue weighted by Crippen LogP contribution is -2.33. The molecule has 3 aromatic rings. The van der Waals surface area contributed by atoms with Crippen molar-refractivity contribution in [1.29, 1.82) is 0 Å². The van der Waals surface area contributed by atoms with E-state index in [0.29, 0.717) is 17.9 Å². The van der Waals surface area contributed by atoms with Gasteiger partial charge in [-0.25, -0.2) is 5.84 Å². The minimum Gasteiger partial charge on any atom is -0.455 e. The SMILES string of the molecule is Cc1cc(C)c(C/C(=N\OCC(=O)NN)c2cc3ccccc3o2)c(C)c1. The molecule has 0 aliphatic rings. The minimum absolute atomic E-state index is 0.258. The monoisotopic (exact) mass is 365 g/mol. The van der Waals surface area contributed by atoms with Gasteiger partial charge < -0.3 is 9.25 Å². The molecule has 0 unspecified atom stereocenters. The topological polar surface area (TPSA) is 89.8 Å². The zero-order valence-electron chi connectivity index (χ0n) is 15.7. The molecule has 1 amide bonds. The van der Waals surface area contributed by atoms with E-state index in [1.54, 1.807) is 0 Å². The third-order valence-corrected chi connectivity index (χ3v) is 4.43. The molecule has 0 aliphatic carbocycles. The third kappa shape index (κ3) is 4.35. The summed E-state index contributed by atoms with van der Waals surface area (Å²) < 4.78 is 5.95. The molecule has 0 aliphatic heterocycles. The predicted molar refractivity (Wildman–Crippen MR) is 105 cm³/mol. The van der Waals surface area contributed by atoms with Crippen molar-refractivity contribution in [2.24, 2.45) is 11.0 Å². The Balaban J connectivity index is 1.97. The summed E-state index contributed by atoms with van der Waals surface area (Å²) >= 11 is 0. The van der Waals surface area contributed by atoms with Gasteiger partial charge in [0.15, 0.2) is 12.4 Å². The van der Waals surface area contributed by atoms with Crippen molar-refractivity contribution in [3.63, 3.8) is 0 Å². The normalized spacial score (nSPS) is 11.6. The van der Waals surface area contributed by atoms with Gasteiger partial charge in [0, 0.05) is 11.8 Å². The fraction of sp³-hybridized carbons (Fsp3) is 0.238. The maximum Gasteiger partial charge on any atom is 0.274 e. The number of benzene rings is 2. The molecule has 2 aromatic carbocycles. The number of furan rings is 1. The highest BCUT2D eigenvalue weighted by molar-refractivity contribution is 6.02. The van der Waals surface area contributed by atoms with Crippen LogP contribution in [-0.2, 0) is 16.1 Å². The Kier molecular flexibility index (Phi) is 5.57. The van der Waals surface area contributed by atoms with E-state index in [2.05, 4.69) is 38.1 Å². The summed E-state index contributed by atoms with van der Waals surface area (Å²) in [4.78, 5) is 16.5. The molecule has 0 bridgehead atoms. The number of carbonyl (C=O) groups excluding carboxylic acids is 1. The molecule has 0 spiro atoms. The number of fused-ring (bicyclic) bond motifs is 1. The Labute approximate surface area is 158 Å². The summed E-state index contributed by atoms with van der Waals surface area (Å²) in [6, 6.07) is 14.0. The highest BCUT2D eigenvalue weighted by Gasteiger charge is 2.15. The van der Waals surface area contributed by atoms with Crippen LogP contribution in [0.1, 0.15) is 28.0 Å². The van der Waals surface area contributed by atoms with Crippen LogP contribution in [0, 0.1) is 20.8 Å². The molecule has 3 rings (SSSR count). The fourth-order valence-corrected chi connectivity index (χ4v) is 3.16. The summed E-state index contributed by atoms with van der Waals surface area (Å²) in [5.74, 6) is 5.24. The Hall–Kier alpha value is -3.12. The molecule has 0 fully saturated rings. The fourth-order valence-electron chi connectivity index (χ4n) is 3.16. The second-order valence-corrected chi connectivity index (χ2v) is 6.58. The number of oxime groups is 1. The molecular weight excluding hydrogens is 342 g/mol. The van der Waals surface area contributed by atoms with Crippen LogP contribution < -0.4 is 11.3 Å². The average molecular weight is 365 g/mol. The van der Waals surface area contributed by atoms with Gasteiger partial charge in [-0.15, -0.1) is 0 Å². The van der Waals surface area contributed by atoms with Gasteiger partial charge in [-0.1, -0.05) is 41.1 Å². The van der Waals surface area contributed by atoms with Crippen molar-refractivity contribution >= 4 is 22.6 Å². The number of rotatable bonds is 6. The molecule has 1 aromatic heterocycles. The van der Waals surface area contributed by atoms with Crippen LogP contribution in [0.15, 0.2) is 52.0 Å². The van der Waals surface area contributed by atoms with Gasteiger partial charge in [0.05, 0.1) is 0 Å². The lowest BCUT2D eigenvalue weighted by molar-refractivity contribution is -0.125. The minimum atomic E-state index is -0.453. The van der Waals surface area contributed by atoms with E-state index in [1.807, 2.05) is 35.8 Å². The first-order valence-electron chi connectivity index (χ1n) is 8.72. The number of hydrazine groups is 1. The van der Waals surface area contributed by atoms with E-state index in [1.165, 1.54) is 16.7 Å². The second kappa shape index (κ2) is 8.05. The summed E-state index contributed by atoms with van der Waals surface area (Å²) in [5, 5.41) is 5.17. The second-order valence-electron chi connectivity index (χ2n) is 6.58. The van der Waals surface area contributed by atoms with Crippen molar-refractivity contribution in [1.82, 2.24) is 5.43 Å². The average Bonchev–Trinajstić information content (AvgIpc) is 3.06. The Morgan fingerprint density at radius 1 is 1.15 bits per heavy atom. The lowest BCUT2D eigenvalue weighted by atomic mass is 9.95. The third-order valence-electron chi connectivity index (χ3n) is 4.43. The summed E-state index contributed by atoms with van der Waals surface area (Å²) in [7, 11) is 0. The zero-order valence-corrected chi connectivity index (χ0v) is 15.7. The van der Waals surface area contributed by atoms with E-state index in [9.17, 15) is 4.79 Å². The summed E-state index contributed by atoms with van der Waals surface area (Å²) in [6.45, 7) is 5.97. The van der Waals surface area contributed by atoms with Gasteiger partial charge >= 0.3 is 0 Å². The number of nitrogens with zero attached hydrogens (tertiary/aromatic N) is 1. The van der Waals surface area contributed by atoms with E-state index >= 15 is 0 Å². The number of hydrogen-bond donors (Lipinski definition) is 2. The summed E-state index contributed by atoms with van der Waals surface area (Å²) in [6.07, 6.45) is 0.530. The van der Waals surface area contributed by atoms with Gasteiger partial charge in [-0.2, -0.15) is 0 Å². The standard InChI is InChI=1S/C21H23N3O3/c1-13-8-14(2)17(15(3)9-13)11-18(24-26-12-21(25)23-22)20-10-16-6-4-5-7-19(16)27-20/h4-10H,11-12,22H2,1-3H3,(H,23,25)/b24-18+. The molecule has 6 nitrogen and oxygen atoms in total. The predicted octanol–water partition coefficient (Wildman–Crippen LogP) is 3.31. The van der Waals surface area contributed by atoms with Crippen molar-refractivity contribution in [2.45, 2.75) is 27.2 Å². The highest BCUT2D eigenvalue weighted by Crippen LogP contribution is 2.23. The van der Waals surface area contributed by atoms with E-state index in [4.69, 9.17) is 15.1 Å². The van der Waals surface area contributed by atoms with E-state index in [-0.39, 0.29) is 6.61 Å². The number of nitrogens with one attached hydrogen (secondary N) is 1. The van der Waals surface area contributed by atoms with Crippen LogP contribution in [0.4, 0.5) is 0 Å². The quantitative estimate of drug-likeness (QED) is 0.303. The van der Waals surface area contributed by atoms with Gasteiger partial charge in [0.1, 0.15) is 11.3 Å². The van der Waals surface area contributed by atoms with Gasteiger partial charge in [-0.05, 0) is 49.6 Å². The number of hydrogen-bond acceptors (Lipinski definition) is 5. The van der Waals surface area contributed by atoms with Crippen molar-refractivity contribution in [3.8, 4) is 0 Å². The Bertz CT molecular complexity index is 949. The molecule has 6 heteroatoms. The molecule has 140 valence electrons. The van der Waals surface area contributed by atoms with Crippen LogP contribution in [0.2, 0.25) is 0 Å². The molecule has 0 radical (unpaired) electrons. The first-order valence-corrected chi connectivity index (χ1v) is 8.72. The van der Waals surface area contributed by atoms with Crippen molar-refractivity contribution < 1.29 is 14.0 Å². The number of nitrogens with two attached hydrogens (primary N) is 1. The van der Waals surface area contributed by atoms with Crippen LogP contribution in [0.3, 0.4) is 0 Å². The summed E-state index contributed by atoms with van der Waals surface area (Å²) in [5.41, 5.74) is 8.14. The first kappa shape index (κ1) is 18.7. The van der Waals surface area contributed by atoms with Gasteiger partial charge in [0.2, 0.25) is 0 Å². The maximum absolute atomic E-state index is 11.3. The van der Waals surface area contributed by atoms with E-state index < -0.39 is 5.91 Å². The Morgan fingerprint density at radius 3 is 2.52 bits per heavy atom. The Morgan fingerprint density at radius 2 is 1.85 bits per heavy atom. The number of aryl methyl sites for hydroxylation is 3. The molecular formula is C21H23N3O3. The van der Waals surface area contributed by atoms with Crippen LogP contribution >= 0.6 is 0 Å². The molecule has 0 saturated heterocycles. The maximum atomic E-state index is 11.3. The van der Waals surface area contributed by atoms with Crippen LogP contribution in [-0.4, -0.2) is 18.2 Å². The molecule has 0 saturated carbocycles. The molecule has 3 N–H and O–H groups in total. The number of carbonyl (C=O) groups is 1. The van der Waals surface area contributed by atoms with E-state index in [0.717, 1.165) is 16.5 Å².